The van der Waals surface area contributed by atoms with E-state index in [2.05, 4.69) is 24.4 Å². The molecule has 3 heteroatoms. The van der Waals surface area contributed by atoms with Gasteiger partial charge < -0.3 is 5.32 Å². The number of fused-ring (bicyclic) bond motifs is 1. The van der Waals surface area contributed by atoms with Gasteiger partial charge in [0.05, 0.1) is 5.56 Å². The van der Waals surface area contributed by atoms with Crippen LogP contribution in [-0.2, 0) is 6.42 Å². The number of aryl methyl sites for hydroxylation is 1. The lowest BCUT2D eigenvalue weighted by atomic mass is 10.1. The largest absolute Gasteiger partial charge is 0.351 e. The molecule has 1 aliphatic rings. The second kappa shape index (κ2) is 4.05. The molecule has 0 saturated carbocycles. The van der Waals surface area contributed by atoms with Crippen LogP contribution in [0.25, 0.3) is 0 Å². The minimum absolute atomic E-state index is 0.0697. The first-order valence-corrected chi connectivity index (χ1v) is 5.83. The standard InChI is InChI=1S/C11H13NOS/c1-2-8-3-4-10-9(7-8)11(13)12-5-6-14-10/h3-4,7H,2,5-6H2,1H3,(H,12,13). The SMILES string of the molecule is CCc1ccc2c(c1)C(=O)NCCS2. The molecule has 14 heavy (non-hydrogen) atoms. The number of carbonyl (C=O) groups is 1. The third-order valence-corrected chi connectivity index (χ3v) is 3.42. The quantitative estimate of drug-likeness (QED) is 0.764. The van der Waals surface area contributed by atoms with Crippen molar-refractivity contribution in [2.75, 3.05) is 12.3 Å². The van der Waals surface area contributed by atoms with E-state index in [1.54, 1.807) is 11.8 Å². The summed E-state index contributed by atoms with van der Waals surface area (Å²) < 4.78 is 0. The van der Waals surface area contributed by atoms with Crippen molar-refractivity contribution in [1.29, 1.82) is 0 Å². The van der Waals surface area contributed by atoms with Crippen molar-refractivity contribution in [3.8, 4) is 0 Å². The minimum atomic E-state index is 0.0697. The molecule has 2 rings (SSSR count). The number of carbonyl (C=O) groups excluding carboxylic acids is 1. The first-order valence-electron chi connectivity index (χ1n) is 4.85. The first-order chi connectivity index (χ1) is 6.81. The summed E-state index contributed by atoms with van der Waals surface area (Å²) in [7, 11) is 0. The van der Waals surface area contributed by atoms with Crippen molar-refractivity contribution in [1.82, 2.24) is 5.32 Å². The van der Waals surface area contributed by atoms with Crippen LogP contribution in [0.3, 0.4) is 0 Å². The summed E-state index contributed by atoms with van der Waals surface area (Å²) in [6.07, 6.45) is 0.977. The van der Waals surface area contributed by atoms with Gasteiger partial charge in [0.25, 0.3) is 5.91 Å². The maximum absolute atomic E-state index is 11.6. The fraction of sp³-hybridized carbons (Fsp3) is 0.364. The van der Waals surface area contributed by atoms with Gasteiger partial charge in [0.1, 0.15) is 0 Å². The number of amides is 1. The Morgan fingerprint density at radius 2 is 2.36 bits per heavy atom. The molecule has 0 fully saturated rings. The minimum Gasteiger partial charge on any atom is -0.351 e. The van der Waals surface area contributed by atoms with Gasteiger partial charge in [0.15, 0.2) is 0 Å². The van der Waals surface area contributed by atoms with Gasteiger partial charge in [0, 0.05) is 17.2 Å². The normalized spacial score (nSPS) is 15.6. The van der Waals surface area contributed by atoms with Gasteiger partial charge in [-0.05, 0) is 24.1 Å². The molecule has 0 aliphatic carbocycles. The molecule has 0 spiro atoms. The molecule has 74 valence electrons. The average molecular weight is 207 g/mol. The molecule has 1 heterocycles. The lowest BCUT2D eigenvalue weighted by Crippen LogP contribution is -2.23. The van der Waals surface area contributed by atoms with Crippen LogP contribution in [0.2, 0.25) is 0 Å². The molecule has 0 aromatic heterocycles. The average Bonchev–Trinajstić information content (AvgIpc) is 2.40. The predicted octanol–water partition coefficient (Wildman–Crippen LogP) is 2.08. The molecule has 1 aromatic rings. The highest BCUT2D eigenvalue weighted by Gasteiger charge is 2.15. The van der Waals surface area contributed by atoms with Gasteiger partial charge in [-0.25, -0.2) is 0 Å². The molecule has 1 amide bonds. The Morgan fingerprint density at radius 1 is 1.50 bits per heavy atom. The molecule has 0 atom stereocenters. The van der Waals surface area contributed by atoms with E-state index in [9.17, 15) is 4.79 Å². The first kappa shape index (κ1) is 9.59. The number of hydrogen-bond donors (Lipinski definition) is 1. The summed E-state index contributed by atoms with van der Waals surface area (Å²) in [6, 6.07) is 6.16. The van der Waals surface area contributed by atoms with Crippen molar-refractivity contribution < 1.29 is 4.79 Å². The van der Waals surface area contributed by atoms with Crippen LogP contribution in [-0.4, -0.2) is 18.2 Å². The van der Waals surface area contributed by atoms with Crippen LogP contribution >= 0.6 is 11.8 Å². The van der Waals surface area contributed by atoms with Crippen molar-refractivity contribution in [3.05, 3.63) is 29.3 Å². The Kier molecular flexibility index (Phi) is 2.77. The molecule has 1 aromatic carbocycles. The van der Waals surface area contributed by atoms with E-state index in [1.165, 1.54) is 5.56 Å². The Morgan fingerprint density at radius 3 is 3.14 bits per heavy atom. The van der Waals surface area contributed by atoms with Crippen LogP contribution in [0.5, 0.6) is 0 Å². The second-order valence-electron chi connectivity index (χ2n) is 3.29. The highest BCUT2D eigenvalue weighted by atomic mass is 32.2. The zero-order valence-corrected chi connectivity index (χ0v) is 8.99. The van der Waals surface area contributed by atoms with Gasteiger partial charge in [0.2, 0.25) is 0 Å². The van der Waals surface area contributed by atoms with Crippen molar-refractivity contribution >= 4 is 17.7 Å². The van der Waals surface area contributed by atoms with Crippen LogP contribution in [0.1, 0.15) is 22.8 Å². The van der Waals surface area contributed by atoms with E-state index in [0.29, 0.717) is 0 Å². The molecule has 2 nitrogen and oxygen atoms in total. The number of nitrogens with one attached hydrogen (secondary N) is 1. The highest BCUT2D eigenvalue weighted by molar-refractivity contribution is 7.99. The van der Waals surface area contributed by atoms with Gasteiger partial charge in [-0.15, -0.1) is 11.8 Å². The molecule has 0 bridgehead atoms. The maximum Gasteiger partial charge on any atom is 0.252 e. The van der Waals surface area contributed by atoms with E-state index < -0.39 is 0 Å². The molecule has 0 radical (unpaired) electrons. The number of rotatable bonds is 1. The zero-order chi connectivity index (χ0) is 9.97. The summed E-state index contributed by atoms with van der Waals surface area (Å²) in [4.78, 5) is 12.8. The van der Waals surface area contributed by atoms with E-state index in [4.69, 9.17) is 0 Å². The molecule has 1 N–H and O–H groups in total. The number of thioether (sulfide) groups is 1. The summed E-state index contributed by atoms with van der Waals surface area (Å²) in [5, 5.41) is 2.89. The third kappa shape index (κ3) is 1.77. The zero-order valence-electron chi connectivity index (χ0n) is 8.17. The predicted molar refractivity (Wildman–Crippen MR) is 58.9 cm³/mol. The Balaban J connectivity index is 2.44. The monoisotopic (exact) mass is 207 g/mol. The smallest absolute Gasteiger partial charge is 0.252 e. The second-order valence-corrected chi connectivity index (χ2v) is 4.43. The van der Waals surface area contributed by atoms with Crippen molar-refractivity contribution in [2.24, 2.45) is 0 Å². The van der Waals surface area contributed by atoms with Crippen molar-refractivity contribution in [2.45, 2.75) is 18.2 Å². The van der Waals surface area contributed by atoms with E-state index in [-0.39, 0.29) is 5.91 Å². The molecule has 0 saturated heterocycles. The molecule has 0 unspecified atom stereocenters. The Labute approximate surface area is 88.1 Å². The fourth-order valence-corrected chi connectivity index (χ4v) is 2.42. The summed E-state index contributed by atoms with van der Waals surface area (Å²) in [5.74, 6) is 1.03. The Hall–Kier alpha value is -0.960. The van der Waals surface area contributed by atoms with Crippen LogP contribution in [0, 0.1) is 0 Å². The van der Waals surface area contributed by atoms with E-state index in [0.717, 1.165) is 29.2 Å². The number of hydrogen-bond acceptors (Lipinski definition) is 2. The van der Waals surface area contributed by atoms with Crippen LogP contribution < -0.4 is 5.32 Å². The van der Waals surface area contributed by atoms with Gasteiger partial charge >= 0.3 is 0 Å². The van der Waals surface area contributed by atoms with Gasteiger partial charge in [-0.1, -0.05) is 13.0 Å². The fourth-order valence-electron chi connectivity index (χ4n) is 1.52. The molecule has 1 aliphatic heterocycles. The van der Waals surface area contributed by atoms with Gasteiger partial charge in [-0.2, -0.15) is 0 Å². The maximum atomic E-state index is 11.6. The van der Waals surface area contributed by atoms with Crippen LogP contribution in [0.4, 0.5) is 0 Å². The summed E-state index contributed by atoms with van der Waals surface area (Å²) in [6.45, 7) is 2.86. The Bertz CT molecular complexity index is 362. The van der Waals surface area contributed by atoms with Crippen molar-refractivity contribution in [3.63, 3.8) is 0 Å². The lowest BCUT2D eigenvalue weighted by molar-refractivity contribution is 0.0954. The van der Waals surface area contributed by atoms with E-state index >= 15 is 0 Å². The highest BCUT2D eigenvalue weighted by Crippen LogP contribution is 2.25. The summed E-state index contributed by atoms with van der Waals surface area (Å²) >= 11 is 1.75. The number of benzene rings is 1. The topological polar surface area (TPSA) is 29.1 Å². The van der Waals surface area contributed by atoms with Crippen LogP contribution in [0.15, 0.2) is 23.1 Å². The summed E-state index contributed by atoms with van der Waals surface area (Å²) in [5.41, 5.74) is 2.06. The van der Waals surface area contributed by atoms with Gasteiger partial charge in [-0.3, -0.25) is 4.79 Å². The third-order valence-electron chi connectivity index (χ3n) is 2.34. The van der Waals surface area contributed by atoms with E-state index in [1.807, 2.05) is 6.07 Å². The molecular formula is C11H13NOS. The lowest BCUT2D eigenvalue weighted by Gasteiger charge is -2.05. The molecular weight excluding hydrogens is 194 g/mol.